The lowest BCUT2D eigenvalue weighted by Gasteiger charge is -2.13. The van der Waals surface area contributed by atoms with Crippen molar-refractivity contribution in [3.8, 4) is 5.88 Å². The molecule has 0 aliphatic carbocycles. The molecule has 0 radical (unpaired) electrons. The van der Waals surface area contributed by atoms with Gasteiger partial charge < -0.3 is 20.5 Å². The van der Waals surface area contributed by atoms with Crippen molar-refractivity contribution in [2.24, 2.45) is 11.8 Å². The molecule has 1 aliphatic rings. The maximum atomic E-state index is 5.87. The smallest absolute Gasteiger partial charge is 0.239 e. The zero-order valence-corrected chi connectivity index (χ0v) is 12.4. The van der Waals surface area contributed by atoms with Crippen LogP contribution < -0.4 is 15.8 Å². The van der Waals surface area contributed by atoms with Crippen molar-refractivity contribution in [2.45, 2.75) is 26.7 Å². The monoisotopic (exact) mass is 279 g/mol. The number of nitrogen functional groups attached to an aromatic ring is 1. The Kier molecular flexibility index (Phi) is 5.47. The first-order valence-corrected chi connectivity index (χ1v) is 7.36. The second-order valence-corrected chi connectivity index (χ2v) is 5.74. The van der Waals surface area contributed by atoms with Crippen LogP contribution in [-0.4, -0.2) is 31.3 Å². The Bertz CT molecular complexity index is 418. The first-order valence-electron chi connectivity index (χ1n) is 7.36. The largest absolute Gasteiger partial charge is 0.476 e. The quantitative estimate of drug-likeness (QED) is 0.802. The Balaban J connectivity index is 1.82. The second-order valence-electron chi connectivity index (χ2n) is 5.74. The molecule has 1 aliphatic heterocycles. The molecule has 0 spiro atoms. The number of hydrogen-bond donors (Lipinski definition) is 2. The lowest BCUT2D eigenvalue weighted by molar-refractivity contribution is 0.185. The van der Waals surface area contributed by atoms with Crippen LogP contribution in [0.15, 0.2) is 12.1 Å². The van der Waals surface area contributed by atoms with Gasteiger partial charge in [-0.05, 0) is 36.8 Å². The molecule has 0 amide bonds. The zero-order chi connectivity index (χ0) is 14.4. The number of rotatable bonds is 7. The summed E-state index contributed by atoms with van der Waals surface area (Å²) in [5, 5.41) is 3.32. The molecule has 0 aromatic carbocycles. The van der Waals surface area contributed by atoms with E-state index in [-0.39, 0.29) is 0 Å². The molecule has 112 valence electrons. The van der Waals surface area contributed by atoms with E-state index in [9.17, 15) is 0 Å². The molecule has 3 N–H and O–H groups in total. The number of hydrogen-bond acceptors (Lipinski definition) is 5. The van der Waals surface area contributed by atoms with Gasteiger partial charge in [0.2, 0.25) is 5.88 Å². The number of anilines is 2. The normalized spacial score (nSPS) is 18.4. The molecule has 2 rings (SSSR count). The third kappa shape index (κ3) is 4.56. The fraction of sp³-hybridized carbons (Fsp3) is 0.667. The van der Waals surface area contributed by atoms with Gasteiger partial charge in [-0.3, -0.25) is 0 Å². The maximum absolute atomic E-state index is 5.87. The molecule has 0 bridgehead atoms. The standard InChI is InChI=1S/C15H25N3O2/c1-11(2)9-20-15-13(16)3-4-14(18-15)17-7-5-12-6-8-19-10-12/h3-4,11-12H,5-10,16H2,1-2H3,(H,17,18). The highest BCUT2D eigenvalue weighted by Gasteiger charge is 2.15. The van der Waals surface area contributed by atoms with Crippen LogP contribution in [0.2, 0.25) is 0 Å². The first-order chi connectivity index (χ1) is 9.65. The van der Waals surface area contributed by atoms with Crippen LogP contribution in [-0.2, 0) is 4.74 Å². The van der Waals surface area contributed by atoms with Gasteiger partial charge >= 0.3 is 0 Å². The minimum Gasteiger partial charge on any atom is -0.476 e. The zero-order valence-electron chi connectivity index (χ0n) is 12.4. The summed E-state index contributed by atoms with van der Waals surface area (Å²) in [6.07, 6.45) is 2.27. The van der Waals surface area contributed by atoms with E-state index in [4.69, 9.17) is 15.2 Å². The lowest BCUT2D eigenvalue weighted by atomic mass is 10.1. The lowest BCUT2D eigenvalue weighted by Crippen LogP contribution is -2.11. The molecule has 1 unspecified atom stereocenters. The second kappa shape index (κ2) is 7.33. The van der Waals surface area contributed by atoms with Crippen LogP contribution in [0.4, 0.5) is 11.5 Å². The van der Waals surface area contributed by atoms with Gasteiger partial charge in [0.1, 0.15) is 5.82 Å². The number of pyridine rings is 1. The van der Waals surface area contributed by atoms with E-state index in [2.05, 4.69) is 24.1 Å². The van der Waals surface area contributed by atoms with Gasteiger partial charge in [-0.1, -0.05) is 13.8 Å². The van der Waals surface area contributed by atoms with Crippen LogP contribution in [0.25, 0.3) is 0 Å². The molecule has 5 heteroatoms. The average Bonchev–Trinajstić information content (AvgIpc) is 2.92. The summed E-state index contributed by atoms with van der Waals surface area (Å²) in [6, 6.07) is 3.73. The molecule has 1 aromatic rings. The molecule has 5 nitrogen and oxygen atoms in total. The number of nitrogens with one attached hydrogen (secondary N) is 1. The molecule has 2 heterocycles. The van der Waals surface area contributed by atoms with E-state index >= 15 is 0 Å². The van der Waals surface area contributed by atoms with Gasteiger partial charge in [-0.2, -0.15) is 4.98 Å². The Morgan fingerprint density at radius 1 is 1.50 bits per heavy atom. The van der Waals surface area contributed by atoms with Crippen molar-refractivity contribution in [1.82, 2.24) is 4.98 Å². The average molecular weight is 279 g/mol. The third-order valence-electron chi connectivity index (χ3n) is 3.33. The molecule has 1 atom stereocenters. The van der Waals surface area contributed by atoms with Gasteiger partial charge in [0.15, 0.2) is 0 Å². The Morgan fingerprint density at radius 3 is 3.05 bits per heavy atom. The fourth-order valence-corrected chi connectivity index (χ4v) is 2.13. The molecule has 1 saturated heterocycles. The Labute approximate surface area is 120 Å². The highest BCUT2D eigenvalue weighted by Crippen LogP contribution is 2.22. The van der Waals surface area contributed by atoms with E-state index < -0.39 is 0 Å². The molecule has 0 saturated carbocycles. The van der Waals surface area contributed by atoms with Crippen LogP contribution in [0.5, 0.6) is 5.88 Å². The number of nitrogens with zero attached hydrogens (tertiary/aromatic N) is 1. The van der Waals surface area contributed by atoms with E-state index in [1.165, 1.54) is 6.42 Å². The molecule has 1 fully saturated rings. The van der Waals surface area contributed by atoms with Crippen molar-refractivity contribution < 1.29 is 9.47 Å². The number of ether oxygens (including phenoxy) is 2. The summed E-state index contributed by atoms with van der Waals surface area (Å²) >= 11 is 0. The van der Waals surface area contributed by atoms with E-state index in [0.717, 1.165) is 32.0 Å². The number of nitrogens with two attached hydrogens (primary N) is 1. The van der Waals surface area contributed by atoms with Gasteiger partial charge in [-0.15, -0.1) is 0 Å². The fourth-order valence-electron chi connectivity index (χ4n) is 2.13. The van der Waals surface area contributed by atoms with Crippen molar-refractivity contribution in [1.29, 1.82) is 0 Å². The Hall–Kier alpha value is -1.49. The number of aromatic nitrogens is 1. The minimum absolute atomic E-state index is 0.454. The van der Waals surface area contributed by atoms with Gasteiger partial charge in [0, 0.05) is 19.8 Å². The predicted octanol–water partition coefficient (Wildman–Crippen LogP) is 2.54. The summed E-state index contributed by atoms with van der Waals surface area (Å²) < 4.78 is 11.0. The molecule has 1 aromatic heterocycles. The van der Waals surface area contributed by atoms with Gasteiger partial charge in [-0.25, -0.2) is 0 Å². The minimum atomic E-state index is 0.454. The predicted molar refractivity (Wildman–Crippen MR) is 81.0 cm³/mol. The van der Waals surface area contributed by atoms with E-state index in [0.29, 0.717) is 30.0 Å². The highest BCUT2D eigenvalue weighted by atomic mass is 16.5. The van der Waals surface area contributed by atoms with Gasteiger partial charge in [0.25, 0.3) is 0 Å². The molecular formula is C15H25N3O2. The third-order valence-corrected chi connectivity index (χ3v) is 3.33. The van der Waals surface area contributed by atoms with Crippen LogP contribution in [0.3, 0.4) is 0 Å². The van der Waals surface area contributed by atoms with Crippen molar-refractivity contribution in [3.63, 3.8) is 0 Å². The van der Waals surface area contributed by atoms with E-state index in [1.807, 2.05) is 12.1 Å². The van der Waals surface area contributed by atoms with Crippen LogP contribution in [0, 0.1) is 11.8 Å². The topological polar surface area (TPSA) is 69.4 Å². The Morgan fingerprint density at radius 2 is 2.35 bits per heavy atom. The van der Waals surface area contributed by atoms with Crippen molar-refractivity contribution in [2.75, 3.05) is 37.4 Å². The van der Waals surface area contributed by atoms with Crippen LogP contribution >= 0.6 is 0 Å². The van der Waals surface area contributed by atoms with Crippen LogP contribution in [0.1, 0.15) is 26.7 Å². The summed E-state index contributed by atoms with van der Waals surface area (Å²) in [4.78, 5) is 4.42. The summed E-state index contributed by atoms with van der Waals surface area (Å²) in [5.74, 6) is 2.47. The highest BCUT2D eigenvalue weighted by molar-refractivity contribution is 5.53. The van der Waals surface area contributed by atoms with E-state index in [1.54, 1.807) is 0 Å². The SMILES string of the molecule is CC(C)COc1nc(NCCC2CCOC2)ccc1N. The van der Waals surface area contributed by atoms with Gasteiger partial charge in [0.05, 0.1) is 12.3 Å². The first kappa shape index (κ1) is 14.9. The van der Waals surface area contributed by atoms with Crippen molar-refractivity contribution in [3.05, 3.63) is 12.1 Å². The molecule has 20 heavy (non-hydrogen) atoms. The summed E-state index contributed by atoms with van der Waals surface area (Å²) in [5.41, 5.74) is 6.46. The molecular weight excluding hydrogens is 254 g/mol. The summed E-state index contributed by atoms with van der Waals surface area (Å²) in [6.45, 7) is 7.51. The van der Waals surface area contributed by atoms with Crippen molar-refractivity contribution >= 4 is 11.5 Å². The maximum Gasteiger partial charge on any atom is 0.239 e. The summed E-state index contributed by atoms with van der Waals surface area (Å²) in [7, 11) is 0.